The number of benzene rings is 1. The van der Waals surface area contributed by atoms with Gasteiger partial charge in [-0.15, -0.1) is 0 Å². The number of hydrogen-bond acceptors (Lipinski definition) is 2. The van der Waals surface area contributed by atoms with Crippen LogP contribution in [0.25, 0.3) is 11.3 Å². The van der Waals surface area contributed by atoms with Crippen LogP contribution in [-0.4, -0.2) is 23.1 Å². The monoisotopic (exact) mass is 255 g/mol. The van der Waals surface area contributed by atoms with Crippen molar-refractivity contribution in [3.8, 4) is 11.3 Å². The predicted molar refractivity (Wildman–Crippen MR) is 78.6 cm³/mol. The van der Waals surface area contributed by atoms with E-state index in [0.717, 1.165) is 24.6 Å². The van der Waals surface area contributed by atoms with E-state index in [1.54, 1.807) is 0 Å². The van der Waals surface area contributed by atoms with Gasteiger partial charge in [0.15, 0.2) is 0 Å². The number of imidazole rings is 1. The van der Waals surface area contributed by atoms with Crippen LogP contribution in [0.4, 0.5) is 0 Å². The van der Waals surface area contributed by atoms with E-state index in [9.17, 15) is 0 Å². The van der Waals surface area contributed by atoms with E-state index >= 15 is 0 Å². The highest BCUT2D eigenvalue weighted by atomic mass is 15.0. The van der Waals surface area contributed by atoms with Gasteiger partial charge in [0.2, 0.25) is 0 Å². The molecule has 2 heterocycles. The first-order chi connectivity index (χ1) is 9.08. The number of aryl methyl sites for hydroxylation is 2. The van der Waals surface area contributed by atoms with Crippen LogP contribution in [0.5, 0.6) is 0 Å². The molecule has 1 fully saturated rings. The van der Waals surface area contributed by atoms with Crippen molar-refractivity contribution in [1.29, 1.82) is 0 Å². The van der Waals surface area contributed by atoms with Gasteiger partial charge < -0.3 is 10.3 Å². The molecule has 2 aromatic rings. The van der Waals surface area contributed by atoms with Crippen LogP contribution in [0.1, 0.15) is 34.0 Å². The summed E-state index contributed by atoms with van der Waals surface area (Å²) in [5, 5.41) is 3.29. The lowest BCUT2D eigenvalue weighted by Gasteiger charge is -2.24. The maximum absolute atomic E-state index is 4.56. The van der Waals surface area contributed by atoms with E-state index in [-0.39, 0.29) is 0 Å². The van der Waals surface area contributed by atoms with Crippen molar-refractivity contribution >= 4 is 0 Å². The fourth-order valence-electron chi connectivity index (χ4n) is 2.77. The number of aromatic nitrogens is 2. The second-order valence-electron chi connectivity index (χ2n) is 5.67. The molecular weight excluding hydrogens is 234 g/mol. The van der Waals surface area contributed by atoms with Crippen LogP contribution >= 0.6 is 0 Å². The van der Waals surface area contributed by atoms with Crippen LogP contribution in [0.2, 0.25) is 0 Å². The van der Waals surface area contributed by atoms with Gasteiger partial charge in [-0.05, 0) is 49.9 Å². The number of aromatic amines is 1. The molecule has 3 nitrogen and oxygen atoms in total. The van der Waals surface area contributed by atoms with Crippen LogP contribution < -0.4 is 5.32 Å². The van der Waals surface area contributed by atoms with Gasteiger partial charge in [0.1, 0.15) is 5.82 Å². The van der Waals surface area contributed by atoms with Crippen LogP contribution in [0.15, 0.2) is 12.3 Å². The Labute approximate surface area is 114 Å². The van der Waals surface area contributed by atoms with Gasteiger partial charge in [0.25, 0.3) is 0 Å². The highest BCUT2D eigenvalue weighted by Crippen LogP contribution is 2.31. The van der Waals surface area contributed by atoms with Crippen molar-refractivity contribution in [2.24, 2.45) is 0 Å². The zero-order valence-corrected chi connectivity index (χ0v) is 12.1. The molecule has 1 aliphatic heterocycles. The quantitative estimate of drug-likeness (QED) is 0.866. The van der Waals surface area contributed by atoms with Crippen LogP contribution in [0, 0.1) is 27.7 Å². The van der Waals surface area contributed by atoms with E-state index in [0.29, 0.717) is 5.92 Å². The molecule has 1 aromatic carbocycles. The van der Waals surface area contributed by atoms with Gasteiger partial charge >= 0.3 is 0 Å². The van der Waals surface area contributed by atoms with Gasteiger partial charge in [-0.1, -0.05) is 6.07 Å². The van der Waals surface area contributed by atoms with Crippen LogP contribution in [-0.2, 0) is 0 Å². The summed E-state index contributed by atoms with van der Waals surface area (Å²) < 4.78 is 0. The number of H-pyrrole nitrogens is 1. The molecule has 100 valence electrons. The van der Waals surface area contributed by atoms with Crippen molar-refractivity contribution in [1.82, 2.24) is 15.3 Å². The second kappa shape index (κ2) is 4.49. The summed E-state index contributed by atoms with van der Waals surface area (Å²) in [6.07, 6.45) is 1.99. The average molecular weight is 255 g/mol. The van der Waals surface area contributed by atoms with Gasteiger partial charge in [0, 0.05) is 24.6 Å². The van der Waals surface area contributed by atoms with E-state index in [4.69, 9.17) is 0 Å². The van der Waals surface area contributed by atoms with Crippen molar-refractivity contribution in [2.45, 2.75) is 33.6 Å². The zero-order valence-electron chi connectivity index (χ0n) is 12.1. The molecule has 0 atom stereocenters. The fourth-order valence-corrected chi connectivity index (χ4v) is 2.77. The van der Waals surface area contributed by atoms with E-state index < -0.39 is 0 Å². The maximum Gasteiger partial charge on any atom is 0.112 e. The lowest BCUT2D eigenvalue weighted by Crippen LogP contribution is -2.40. The molecule has 3 heteroatoms. The maximum atomic E-state index is 4.56. The number of nitrogens with zero attached hydrogens (tertiary/aromatic N) is 1. The summed E-state index contributed by atoms with van der Waals surface area (Å²) in [6.45, 7) is 10.8. The Morgan fingerprint density at radius 1 is 1.05 bits per heavy atom. The summed E-state index contributed by atoms with van der Waals surface area (Å²) in [6, 6.07) is 2.27. The molecule has 2 N–H and O–H groups in total. The highest BCUT2D eigenvalue weighted by Gasteiger charge is 2.22. The Hall–Kier alpha value is -1.61. The summed E-state index contributed by atoms with van der Waals surface area (Å²) in [4.78, 5) is 8.08. The predicted octanol–water partition coefficient (Wildman–Crippen LogP) is 3.00. The zero-order chi connectivity index (χ0) is 13.6. The number of hydrogen-bond donors (Lipinski definition) is 2. The first-order valence-electron chi connectivity index (χ1n) is 6.91. The normalized spacial score (nSPS) is 15.6. The van der Waals surface area contributed by atoms with Crippen LogP contribution in [0.3, 0.4) is 0 Å². The molecular formula is C16H21N3. The van der Waals surface area contributed by atoms with Gasteiger partial charge in [-0.25, -0.2) is 4.98 Å². The second-order valence-corrected chi connectivity index (χ2v) is 5.67. The molecule has 0 bridgehead atoms. The van der Waals surface area contributed by atoms with Gasteiger partial charge in [-0.3, -0.25) is 0 Å². The Bertz CT molecular complexity index is 595. The molecule has 1 aliphatic rings. The number of nitrogens with one attached hydrogen (secondary N) is 2. The van der Waals surface area contributed by atoms with Crippen molar-refractivity contribution in [3.63, 3.8) is 0 Å². The van der Waals surface area contributed by atoms with E-state index in [1.165, 1.54) is 27.8 Å². The first kappa shape index (κ1) is 12.4. The summed E-state index contributed by atoms with van der Waals surface area (Å²) in [5.41, 5.74) is 7.88. The molecule has 1 saturated heterocycles. The first-order valence-corrected chi connectivity index (χ1v) is 6.91. The third-order valence-electron chi connectivity index (χ3n) is 4.40. The third-order valence-corrected chi connectivity index (χ3v) is 4.40. The molecule has 0 unspecified atom stereocenters. The Kier molecular flexibility index (Phi) is 2.94. The highest BCUT2D eigenvalue weighted by molar-refractivity contribution is 5.70. The minimum Gasteiger partial charge on any atom is -0.342 e. The molecule has 0 spiro atoms. The van der Waals surface area contributed by atoms with E-state index in [2.05, 4.69) is 49.0 Å². The lowest BCUT2D eigenvalue weighted by atomic mass is 9.92. The average Bonchev–Trinajstić information content (AvgIpc) is 2.74. The number of rotatable bonds is 2. The minimum absolute atomic E-state index is 0.556. The molecule has 0 amide bonds. The third kappa shape index (κ3) is 1.98. The lowest BCUT2D eigenvalue weighted by molar-refractivity contribution is 0.433. The van der Waals surface area contributed by atoms with Crippen molar-refractivity contribution < 1.29 is 0 Å². The molecule has 19 heavy (non-hydrogen) atoms. The largest absolute Gasteiger partial charge is 0.342 e. The van der Waals surface area contributed by atoms with Crippen molar-refractivity contribution in [3.05, 3.63) is 40.3 Å². The topological polar surface area (TPSA) is 40.7 Å². The van der Waals surface area contributed by atoms with Gasteiger partial charge in [-0.2, -0.15) is 0 Å². The minimum atomic E-state index is 0.556. The fraction of sp³-hybridized carbons (Fsp3) is 0.438. The summed E-state index contributed by atoms with van der Waals surface area (Å²) in [7, 11) is 0. The molecule has 0 saturated carbocycles. The van der Waals surface area contributed by atoms with Gasteiger partial charge in [0.05, 0.1) is 11.9 Å². The molecule has 3 rings (SSSR count). The Morgan fingerprint density at radius 2 is 1.68 bits per heavy atom. The molecule has 1 aromatic heterocycles. The van der Waals surface area contributed by atoms with E-state index in [1.807, 2.05) is 6.20 Å². The standard InChI is InChI=1S/C16H21N3/c1-9-5-10(2)12(4)15(11(9)3)14-8-18-16(19-14)13-6-17-7-13/h5,8,13,17H,6-7H2,1-4H3,(H,18,19). The summed E-state index contributed by atoms with van der Waals surface area (Å²) >= 11 is 0. The Balaban J connectivity index is 2.08. The molecule has 0 radical (unpaired) electrons. The molecule has 0 aliphatic carbocycles. The smallest absolute Gasteiger partial charge is 0.112 e. The summed E-state index contributed by atoms with van der Waals surface area (Å²) in [5.74, 6) is 1.67. The van der Waals surface area contributed by atoms with Crippen molar-refractivity contribution in [2.75, 3.05) is 13.1 Å². The Morgan fingerprint density at radius 3 is 2.21 bits per heavy atom. The SMILES string of the molecule is Cc1cc(C)c(C)c(-c2cnc(C3CNC3)[nH]2)c1C.